The normalized spacial score (nSPS) is 12.1. The van der Waals surface area contributed by atoms with Crippen LogP contribution in [0.15, 0.2) is 192 Å². The molecular weight excluding hydrogens is 707 g/mol. The maximum absolute atomic E-state index is 6.63. The molecule has 0 bridgehead atoms. The van der Waals surface area contributed by atoms with Gasteiger partial charge >= 0.3 is 0 Å². The first-order chi connectivity index (χ1) is 28.7. The minimum absolute atomic E-state index is 0.709. The number of hydrogen-bond donors (Lipinski definition) is 0. The average Bonchev–Trinajstić information content (AvgIpc) is 3.84. The van der Waals surface area contributed by atoms with E-state index in [-0.39, 0.29) is 0 Å². The molecule has 58 heavy (non-hydrogen) atoms. The molecule has 4 nitrogen and oxygen atoms in total. The van der Waals surface area contributed by atoms with Gasteiger partial charge in [-0.05, 0) is 80.5 Å². The lowest BCUT2D eigenvalue weighted by Crippen LogP contribution is -1.96. The van der Waals surface area contributed by atoms with Crippen LogP contribution in [-0.4, -0.2) is 14.5 Å². The summed E-state index contributed by atoms with van der Waals surface area (Å²) in [7, 11) is 0. The standard InChI is InChI=1S/C54H31N3O/c1-2-13-33(14-3-1)52-43-26-24-32-12-4-5-17-38(32)53(43)56-54(55-52)36-16-10-15-34(28-36)35-25-27-47-44(29-35)41-20-8-9-22-46(41)57(47)37-30-45-40-19-7-6-18-39(40)42-21-11-23-48-50(42)51(45)49(31-37)58-48/h1-31H. The van der Waals surface area contributed by atoms with Gasteiger partial charge in [-0.15, -0.1) is 0 Å². The quantitative estimate of drug-likeness (QED) is 0.169. The van der Waals surface area contributed by atoms with E-state index in [1.54, 1.807) is 0 Å². The largest absolute Gasteiger partial charge is 0.456 e. The molecule has 3 heterocycles. The summed E-state index contributed by atoms with van der Waals surface area (Å²) in [5.74, 6) is 0.709. The summed E-state index contributed by atoms with van der Waals surface area (Å²) in [4.78, 5) is 10.5. The van der Waals surface area contributed by atoms with Gasteiger partial charge in [-0.3, -0.25) is 0 Å². The van der Waals surface area contributed by atoms with Gasteiger partial charge in [0, 0.05) is 49.5 Å². The maximum atomic E-state index is 6.63. The van der Waals surface area contributed by atoms with Gasteiger partial charge in [-0.2, -0.15) is 0 Å². The van der Waals surface area contributed by atoms with Crippen molar-refractivity contribution in [3.05, 3.63) is 188 Å². The van der Waals surface area contributed by atoms with E-state index < -0.39 is 0 Å². The molecule has 0 fully saturated rings. The molecule has 0 N–H and O–H groups in total. The Morgan fingerprint density at radius 2 is 1.03 bits per heavy atom. The first-order valence-corrected chi connectivity index (χ1v) is 19.7. The molecule has 0 radical (unpaired) electrons. The molecule has 4 heteroatoms. The van der Waals surface area contributed by atoms with Gasteiger partial charge in [0.15, 0.2) is 5.82 Å². The fourth-order valence-corrected chi connectivity index (χ4v) is 9.53. The number of nitrogens with zero attached hydrogens (tertiary/aromatic N) is 3. The molecule has 0 aliphatic heterocycles. The molecule has 0 spiro atoms. The number of rotatable bonds is 4. The van der Waals surface area contributed by atoms with Crippen molar-refractivity contribution < 1.29 is 4.42 Å². The van der Waals surface area contributed by atoms with Crippen molar-refractivity contribution in [1.82, 2.24) is 14.5 Å². The van der Waals surface area contributed by atoms with Gasteiger partial charge in [0.05, 0.1) is 27.9 Å². The lowest BCUT2D eigenvalue weighted by atomic mass is 9.94. The molecule has 0 unspecified atom stereocenters. The second kappa shape index (κ2) is 11.8. The molecule has 0 saturated heterocycles. The molecule has 13 aromatic rings. The molecule has 0 atom stereocenters. The minimum atomic E-state index is 0.709. The summed E-state index contributed by atoms with van der Waals surface area (Å²) in [5, 5.41) is 13.0. The van der Waals surface area contributed by atoms with E-state index in [1.165, 1.54) is 43.1 Å². The zero-order valence-corrected chi connectivity index (χ0v) is 31.1. The Balaban J connectivity index is 0.995. The van der Waals surface area contributed by atoms with E-state index in [0.29, 0.717) is 5.82 Å². The number of hydrogen-bond acceptors (Lipinski definition) is 3. The molecule has 10 aromatic carbocycles. The Labute approximate surface area is 332 Å². The maximum Gasteiger partial charge on any atom is 0.160 e. The van der Waals surface area contributed by atoms with Gasteiger partial charge in [-0.25, -0.2) is 9.97 Å². The number of aromatic nitrogens is 3. The van der Waals surface area contributed by atoms with Crippen molar-refractivity contribution >= 4 is 87.0 Å². The van der Waals surface area contributed by atoms with E-state index in [4.69, 9.17) is 14.4 Å². The third kappa shape index (κ3) is 4.45. The molecule has 13 rings (SSSR count). The van der Waals surface area contributed by atoms with Crippen molar-refractivity contribution in [2.75, 3.05) is 0 Å². The smallest absolute Gasteiger partial charge is 0.160 e. The number of benzene rings is 10. The van der Waals surface area contributed by atoms with Crippen LogP contribution in [-0.2, 0) is 0 Å². The minimum Gasteiger partial charge on any atom is -0.456 e. The van der Waals surface area contributed by atoms with Crippen molar-refractivity contribution in [2.45, 2.75) is 0 Å². The van der Waals surface area contributed by atoms with Crippen LogP contribution >= 0.6 is 0 Å². The monoisotopic (exact) mass is 737 g/mol. The topological polar surface area (TPSA) is 43.9 Å². The van der Waals surface area contributed by atoms with Crippen LogP contribution in [0.25, 0.3) is 126 Å². The van der Waals surface area contributed by atoms with E-state index in [2.05, 4.69) is 187 Å². The zero-order chi connectivity index (χ0) is 37.9. The third-order valence-corrected chi connectivity index (χ3v) is 12.1. The summed E-state index contributed by atoms with van der Waals surface area (Å²) < 4.78 is 9.02. The molecule has 0 aliphatic rings. The number of para-hydroxylation sites is 1. The van der Waals surface area contributed by atoms with E-state index in [0.717, 1.165) is 77.5 Å². The molecular formula is C54H31N3O. The highest BCUT2D eigenvalue weighted by Crippen LogP contribution is 2.45. The van der Waals surface area contributed by atoms with Crippen LogP contribution in [0.2, 0.25) is 0 Å². The molecule has 0 saturated carbocycles. The SMILES string of the molecule is c1ccc(-c2nc(-c3cccc(-c4ccc5c(c4)c4ccccc4n5-c4cc5oc6cccc7c8ccccc8c(c4)c5c67)c3)nc3c2ccc2ccccc23)cc1. The first-order valence-electron chi connectivity index (χ1n) is 19.7. The Morgan fingerprint density at radius 1 is 0.362 bits per heavy atom. The highest BCUT2D eigenvalue weighted by atomic mass is 16.3. The van der Waals surface area contributed by atoms with Crippen LogP contribution in [0, 0.1) is 0 Å². The fraction of sp³-hybridized carbons (Fsp3) is 0. The predicted octanol–water partition coefficient (Wildman–Crippen LogP) is 14.5. The predicted molar refractivity (Wildman–Crippen MR) is 241 cm³/mol. The van der Waals surface area contributed by atoms with E-state index in [1.807, 2.05) is 6.07 Å². The van der Waals surface area contributed by atoms with Crippen LogP contribution in [0.1, 0.15) is 0 Å². The molecule has 0 amide bonds. The van der Waals surface area contributed by atoms with Gasteiger partial charge in [-0.1, -0.05) is 140 Å². The number of fused-ring (bicyclic) bond motifs is 9. The zero-order valence-electron chi connectivity index (χ0n) is 31.1. The Bertz CT molecular complexity index is 3800. The van der Waals surface area contributed by atoms with Crippen LogP contribution < -0.4 is 0 Å². The van der Waals surface area contributed by atoms with Gasteiger partial charge in [0.2, 0.25) is 0 Å². The molecule has 0 aliphatic carbocycles. The summed E-state index contributed by atoms with van der Waals surface area (Å²) >= 11 is 0. The lowest BCUT2D eigenvalue weighted by Gasteiger charge is -2.13. The second-order valence-electron chi connectivity index (χ2n) is 15.3. The summed E-state index contributed by atoms with van der Waals surface area (Å²) in [6.45, 7) is 0. The molecule has 268 valence electrons. The van der Waals surface area contributed by atoms with Crippen LogP contribution in [0.3, 0.4) is 0 Å². The second-order valence-corrected chi connectivity index (χ2v) is 15.3. The molecule has 3 aromatic heterocycles. The lowest BCUT2D eigenvalue weighted by molar-refractivity contribution is 0.669. The summed E-state index contributed by atoms with van der Waals surface area (Å²) in [5.41, 5.74) is 11.4. The highest BCUT2D eigenvalue weighted by Gasteiger charge is 2.21. The Hall–Kier alpha value is -7.82. The summed E-state index contributed by atoms with van der Waals surface area (Å²) in [6, 6.07) is 67.2. The highest BCUT2D eigenvalue weighted by molar-refractivity contribution is 6.33. The Kier molecular flexibility index (Phi) is 6.41. The Morgan fingerprint density at radius 3 is 1.93 bits per heavy atom. The van der Waals surface area contributed by atoms with Gasteiger partial charge in [0.25, 0.3) is 0 Å². The summed E-state index contributed by atoms with van der Waals surface area (Å²) in [6.07, 6.45) is 0. The first kappa shape index (κ1) is 31.4. The van der Waals surface area contributed by atoms with Crippen molar-refractivity contribution in [3.63, 3.8) is 0 Å². The third-order valence-electron chi connectivity index (χ3n) is 12.1. The van der Waals surface area contributed by atoms with Crippen LogP contribution in [0.4, 0.5) is 0 Å². The van der Waals surface area contributed by atoms with Crippen molar-refractivity contribution in [1.29, 1.82) is 0 Å². The fourth-order valence-electron chi connectivity index (χ4n) is 9.53. The van der Waals surface area contributed by atoms with Gasteiger partial charge in [0.1, 0.15) is 11.2 Å². The van der Waals surface area contributed by atoms with Crippen molar-refractivity contribution in [2.24, 2.45) is 0 Å². The van der Waals surface area contributed by atoms with Crippen LogP contribution in [0.5, 0.6) is 0 Å². The average molecular weight is 738 g/mol. The van der Waals surface area contributed by atoms with Gasteiger partial charge < -0.3 is 8.98 Å². The van der Waals surface area contributed by atoms with E-state index >= 15 is 0 Å². The van der Waals surface area contributed by atoms with Crippen molar-refractivity contribution in [3.8, 4) is 39.5 Å². The van der Waals surface area contributed by atoms with E-state index in [9.17, 15) is 0 Å². The number of furan rings is 1.